The van der Waals surface area contributed by atoms with Crippen LogP contribution in [0.25, 0.3) is 0 Å². The van der Waals surface area contributed by atoms with Crippen molar-refractivity contribution in [2.45, 2.75) is 31.5 Å². The van der Waals surface area contributed by atoms with Gasteiger partial charge in [0.05, 0.1) is 17.2 Å². The second kappa shape index (κ2) is 5.96. The van der Waals surface area contributed by atoms with E-state index in [1.54, 1.807) is 12.2 Å². The summed E-state index contributed by atoms with van der Waals surface area (Å²) in [6.45, 7) is 0. The van der Waals surface area contributed by atoms with Crippen molar-refractivity contribution in [2.75, 3.05) is 0 Å². The molecule has 0 radical (unpaired) electrons. The highest BCUT2D eigenvalue weighted by Crippen LogP contribution is 2.37. The largest absolute Gasteiger partial charge is 0.485 e. The molecule has 0 saturated heterocycles. The lowest BCUT2D eigenvalue weighted by Gasteiger charge is -2.13. The van der Waals surface area contributed by atoms with Crippen LogP contribution in [0, 0.1) is 11.3 Å². The zero-order chi connectivity index (χ0) is 16.4. The van der Waals surface area contributed by atoms with E-state index in [0.29, 0.717) is 23.3 Å². The molecule has 0 N–H and O–H groups in total. The quantitative estimate of drug-likeness (QED) is 0.750. The van der Waals surface area contributed by atoms with E-state index in [0.717, 1.165) is 30.5 Å². The van der Waals surface area contributed by atoms with Crippen LogP contribution in [-0.2, 0) is 12.6 Å². The van der Waals surface area contributed by atoms with Crippen molar-refractivity contribution in [3.8, 4) is 11.8 Å². The molecule has 5 heteroatoms. The average Bonchev–Trinajstić information content (AvgIpc) is 2.89. The number of rotatable bonds is 1. The summed E-state index contributed by atoms with van der Waals surface area (Å²) < 4.78 is 44.2. The van der Waals surface area contributed by atoms with E-state index in [4.69, 9.17) is 10.00 Å². The predicted octanol–water partition coefficient (Wildman–Crippen LogP) is 4.74. The van der Waals surface area contributed by atoms with Crippen LogP contribution in [0.15, 0.2) is 53.6 Å². The van der Waals surface area contributed by atoms with Gasteiger partial charge in [-0.3, -0.25) is 0 Å². The molecule has 1 atom stereocenters. The zero-order valence-electron chi connectivity index (χ0n) is 12.2. The van der Waals surface area contributed by atoms with Gasteiger partial charge < -0.3 is 4.74 Å². The molecule has 0 amide bonds. The molecule has 1 aliphatic heterocycles. The zero-order valence-corrected chi connectivity index (χ0v) is 12.2. The van der Waals surface area contributed by atoms with Crippen molar-refractivity contribution in [1.82, 2.24) is 0 Å². The topological polar surface area (TPSA) is 33.0 Å². The number of nitrogens with zero attached hydrogens (tertiary/aromatic N) is 1. The summed E-state index contributed by atoms with van der Waals surface area (Å²) >= 11 is 0. The number of allylic oxidation sites excluding steroid dienone is 4. The summed E-state index contributed by atoms with van der Waals surface area (Å²) in [4.78, 5) is 0. The molecule has 0 bridgehead atoms. The van der Waals surface area contributed by atoms with Crippen LogP contribution in [-0.4, -0.2) is 6.10 Å². The van der Waals surface area contributed by atoms with Crippen LogP contribution < -0.4 is 4.74 Å². The second-order valence-corrected chi connectivity index (χ2v) is 5.53. The number of alkyl halides is 3. The molecule has 0 saturated carbocycles. The number of ether oxygens (including phenoxy) is 1. The molecule has 1 aromatic rings. The predicted molar refractivity (Wildman–Crippen MR) is 79.7 cm³/mol. The number of fused-ring (bicyclic) bond motifs is 1. The second-order valence-electron chi connectivity index (χ2n) is 5.53. The van der Waals surface area contributed by atoms with Gasteiger partial charge >= 0.3 is 6.18 Å². The van der Waals surface area contributed by atoms with Gasteiger partial charge in [0.1, 0.15) is 11.9 Å². The number of halogens is 3. The standard InChI is InChI=1S/C18H14F3NO/c19-18(20,21)15-6-7-16-14(9-15)10-17(23-16)13-5-3-1-2-4-12(8-13)11-22/h2,4-9,17H,1,3,10H2/b4-2-,12-8+,13-5+. The first-order valence-electron chi connectivity index (χ1n) is 7.32. The maximum absolute atomic E-state index is 12.8. The van der Waals surface area contributed by atoms with Gasteiger partial charge in [-0.1, -0.05) is 12.2 Å². The first-order valence-corrected chi connectivity index (χ1v) is 7.32. The van der Waals surface area contributed by atoms with Crippen LogP contribution in [0.5, 0.6) is 5.75 Å². The molecular formula is C18H14F3NO. The Hall–Kier alpha value is -2.48. The van der Waals surface area contributed by atoms with Gasteiger partial charge in [0.2, 0.25) is 0 Å². The summed E-state index contributed by atoms with van der Waals surface area (Å²) in [5, 5.41) is 9.11. The van der Waals surface area contributed by atoms with Gasteiger partial charge in [-0.15, -0.1) is 0 Å². The van der Waals surface area contributed by atoms with Crippen LogP contribution in [0.3, 0.4) is 0 Å². The van der Waals surface area contributed by atoms with Gasteiger partial charge in [-0.2, -0.15) is 18.4 Å². The molecule has 23 heavy (non-hydrogen) atoms. The minimum absolute atomic E-state index is 0.344. The summed E-state index contributed by atoms with van der Waals surface area (Å²) in [5.74, 6) is 0.480. The minimum atomic E-state index is -4.36. The number of benzene rings is 1. The Morgan fingerprint density at radius 3 is 2.78 bits per heavy atom. The maximum atomic E-state index is 12.8. The number of nitriles is 1. The smallest absolute Gasteiger partial charge is 0.416 e. The van der Waals surface area contributed by atoms with E-state index in [2.05, 4.69) is 6.07 Å². The Labute approximate surface area is 132 Å². The molecule has 118 valence electrons. The van der Waals surface area contributed by atoms with Crippen molar-refractivity contribution >= 4 is 0 Å². The van der Waals surface area contributed by atoms with E-state index in [9.17, 15) is 13.2 Å². The van der Waals surface area contributed by atoms with Crippen molar-refractivity contribution in [2.24, 2.45) is 0 Å². The summed E-state index contributed by atoms with van der Waals surface area (Å²) in [6.07, 6.45) is 4.74. The first kappa shape index (κ1) is 15.4. The highest BCUT2D eigenvalue weighted by molar-refractivity contribution is 5.47. The van der Waals surface area contributed by atoms with Crippen LogP contribution in [0.2, 0.25) is 0 Å². The molecule has 2 nitrogen and oxygen atoms in total. The van der Waals surface area contributed by atoms with E-state index in [1.807, 2.05) is 12.2 Å². The minimum Gasteiger partial charge on any atom is -0.485 e. The molecule has 1 heterocycles. The van der Waals surface area contributed by atoms with E-state index >= 15 is 0 Å². The fraction of sp³-hybridized carbons (Fsp3) is 0.278. The van der Waals surface area contributed by atoms with Gasteiger partial charge in [0.15, 0.2) is 0 Å². The van der Waals surface area contributed by atoms with E-state index in [1.165, 1.54) is 6.07 Å². The van der Waals surface area contributed by atoms with Crippen molar-refractivity contribution < 1.29 is 17.9 Å². The number of hydrogen-bond acceptors (Lipinski definition) is 2. The Balaban J connectivity index is 1.87. The lowest BCUT2D eigenvalue weighted by molar-refractivity contribution is -0.137. The molecule has 0 aromatic heterocycles. The van der Waals surface area contributed by atoms with Crippen LogP contribution in [0.1, 0.15) is 24.0 Å². The SMILES string of the molecule is N#CC1=C/C(C2Cc3cc(C(F)(F)F)ccc3O2)=C\CC/C=C\1. The number of hydrogen-bond donors (Lipinski definition) is 0. The summed E-state index contributed by atoms with van der Waals surface area (Å²) in [7, 11) is 0. The molecule has 1 aliphatic carbocycles. The lowest BCUT2D eigenvalue weighted by Crippen LogP contribution is -2.15. The molecule has 0 spiro atoms. The fourth-order valence-corrected chi connectivity index (χ4v) is 2.75. The Bertz CT molecular complexity index is 751. The van der Waals surface area contributed by atoms with Gasteiger partial charge in [-0.05, 0) is 54.3 Å². The highest BCUT2D eigenvalue weighted by atomic mass is 19.4. The van der Waals surface area contributed by atoms with E-state index < -0.39 is 11.7 Å². The molecule has 1 unspecified atom stereocenters. The van der Waals surface area contributed by atoms with E-state index in [-0.39, 0.29) is 6.10 Å². The summed E-state index contributed by atoms with van der Waals surface area (Å²) in [5.41, 5.74) is 1.25. The Morgan fingerprint density at radius 1 is 1.22 bits per heavy atom. The van der Waals surface area contributed by atoms with Crippen molar-refractivity contribution in [3.63, 3.8) is 0 Å². The molecule has 0 fully saturated rings. The Kier molecular flexibility index (Phi) is 3.99. The monoisotopic (exact) mass is 317 g/mol. The fourth-order valence-electron chi connectivity index (χ4n) is 2.75. The average molecular weight is 317 g/mol. The normalized spacial score (nSPS) is 26.4. The first-order chi connectivity index (χ1) is 11.0. The molecule has 3 rings (SSSR count). The third kappa shape index (κ3) is 3.31. The molecular weight excluding hydrogens is 303 g/mol. The van der Waals surface area contributed by atoms with Crippen LogP contribution >= 0.6 is 0 Å². The van der Waals surface area contributed by atoms with Gasteiger partial charge in [-0.25, -0.2) is 0 Å². The lowest BCUT2D eigenvalue weighted by atomic mass is 9.97. The summed E-state index contributed by atoms with van der Waals surface area (Å²) in [6, 6.07) is 5.66. The molecule has 1 aromatic carbocycles. The van der Waals surface area contributed by atoms with Crippen LogP contribution in [0.4, 0.5) is 13.2 Å². The molecule has 2 aliphatic rings. The maximum Gasteiger partial charge on any atom is 0.416 e. The van der Waals surface area contributed by atoms with Crippen molar-refractivity contribution in [3.05, 3.63) is 64.8 Å². The Morgan fingerprint density at radius 2 is 2.04 bits per heavy atom. The third-order valence-corrected chi connectivity index (χ3v) is 3.90. The van der Waals surface area contributed by atoms with Crippen molar-refractivity contribution in [1.29, 1.82) is 5.26 Å². The highest BCUT2D eigenvalue weighted by Gasteiger charge is 2.33. The van der Waals surface area contributed by atoms with Gasteiger partial charge in [0, 0.05) is 6.42 Å². The third-order valence-electron chi connectivity index (χ3n) is 3.90. The van der Waals surface area contributed by atoms with Gasteiger partial charge in [0.25, 0.3) is 0 Å².